The number of aromatic amines is 1. The molecule has 0 aliphatic heterocycles. The van der Waals surface area contributed by atoms with Gasteiger partial charge in [0.05, 0.1) is 11.9 Å². The van der Waals surface area contributed by atoms with Crippen molar-refractivity contribution in [2.45, 2.75) is 11.9 Å². The fourth-order valence-corrected chi connectivity index (χ4v) is 2.41. The van der Waals surface area contributed by atoms with E-state index in [1.807, 2.05) is 0 Å². The number of nitrogens with one attached hydrogen (secondary N) is 2. The molecule has 0 amide bonds. The van der Waals surface area contributed by atoms with Gasteiger partial charge in [-0.3, -0.25) is 9.52 Å². The third-order valence-corrected chi connectivity index (χ3v) is 3.60. The number of hydrogen-bond donors (Lipinski definition) is 2. The van der Waals surface area contributed by atoms with Gasteiger partial charge in [-0.2, -0.15) is 8.42 Å². The first-order valence-electron chi connectivity index (χ1n) is 5.09. The second-order valence-corrected chi connectivity index (χ2v) is 5.46. The minimum atomic E-state index is -3.71. The molecule has 2 rings (SSSR count). The molecule has 7 nitrogen and oxygen atoms in total. The normalized spacial score (nSPS) is 11.4. The average molecular weight is 268 g/mol. The first kappa shape index (κ1) is 12.4. The Morgan fingerprint density at radius 2 is 2.11 bits per heavy atom. The van der Waals surface area contributed by atoms with Crippen molar-refractivity contribution in [1.29, 1.82) is 0 Å². The summed E-state index contributed by atoms with van der Waals surface area (Å²) in [5.74, 6) is 0.510. The van der Waals surface area contributed by atoms with Crippen LogP contribution in [0.15, 0.2) is 34.3 Å². The Bertz CT molecular complexity index is 730. The van der Waals surface area contributed by atoms with E-state index < -0.39 is 10.0 Å². The van der Waals surface area contributed by atoms with Crippen LogP contribution in [0.2, 0.25) is 0 Å². The molecule has 0 unspecified atom stereocenters. The van der Waals surface area contributed by atoms with E-state index in [1.165, 1.54) is 29.1 Å². The van der Waals surface area contributed by atoms with Crippen molar-refractivity contribution in [2.24, 2.45) is 7.05 Å². The van der Waals surface area contributed by atoms with Gasteiger partial charge in [0.2, 0.25) is 5.56 Å². The Hall–Kier alpha value is -2.09. The van der Waals surface area contributed by atoms with Crippen LogP contribution in [0, 0.1) is 6.92 Å². The van der Waals surface area contributed by atoms with Gasteiger partial charge in [-0.1, -0.05) is 0 Å². The van der Waals surface area contributed by atoms with Gasteiger partial charge in [0.25, 0.3) is 10.0 Å². The van der Waals surface area contributed by atoms with Gasteiger partial charge >= 0.3 is 0 Å². The van der Waals surface area contributed by atoms with Crippen molar-refractivity contribution in [3.05, 3.63) is 40.7 Å². The molecule has 0 saturated carbocycles. The summed E-state index contributed by atoms with van der Waals surface area (Å²) in [6, 6.07) is 2.69. The minimum Gasteiger partial charge on any atom is -0.332 e. The zero-order valence-electron chi connectivity index (χ0n) is 9.84. The van der Waals surface area contributed by atoms with Crippen LogP contribution in [0.25, 0.3) is 0 Å². The zero-order chi connectivity index (χ0) is 13.3. The van der Waals surface area contributed by atoms with Crippen LogP contribution >= 0.6 is 0 Å². The van der Waals surface area contributed by atoms with Crippen molar-refractivity contribution < 1.29 is 8.42 Å². The van der Waals surface area contributed by atoms with E-state index >= 15 is 0 Å². The van der Waals surface area contributed by atoms with E-state index in [-0.39, 0.29) is 10.6 Å². The number of pyridine rings is 1. The van der Waals surface area contributed by atoms with E-state index in [1.54, 1.807) is 14.0 Å². The molecule has 96 valence electrons. The number of nitrogens with zero attached hydrogens (tertiary/aromatic N) is 2. The molecule has 0 aliphatic rings. The first-order valence-corrected chi connectivity index (χ1v) is 6.58. The van der Waals surface area contributed by atoms with Crippen molar-refractivity contribution in [3.8, 4) is 0 Å². The van der Waals surface area contributed by atoms with Gasteiger partial charge in [-0.05, 0) is 13.0 Å². The smallest absolute Gasteiger partial charge is 0.279 e. The van der Waals surface area contributed by atoms with Crippen LogP contribution in [0.5, 0.6) is 0 Å². The quantitative estimate of drug-likeness (QED) is 0.832. The largest absolute Gasteiger partial charge is 0.332 e. The summed E-state index contributed by atoms with van der Waals surface area (Å²) >= 11 is 0. The van der Waals surface area contributed by atoms with Gasteiger partial charge in [-0.15, -0.1) is 0 Å². The number of hydrogen-bond acceptors (Lipinski definition) is 4. The summed E-state index contributed by atoms with van der Waals surface area (Å²) in [6.45, 7) is 1.66. The highest BCUT2D eigenvalue weighted by Crippen LogP contribution is 2.12. The van der Waals surface area contributed by atoms with Crippen molar-refractivity contribution in [3.63, 3.8) is 0 Å². The van der Waals surface area contributed by atoms with Crippen LogP contribution in [-0.4, -0.2) is 23.0 Å². The monoisotopic (exact) mass is 268 g/mol. The van der Waals surface area contributed by atoms with Crippen molar-refractivity contribution in [2.75, 3.05) is 4.72 Å². The van der Waals surface area contributed by atoms with Gasteiger partial charge in [-0.25, -0.2) is 4.98 Å². The number of anilines is 1. The number of aryl methyl sites for hydroxylation is 2. The minimum absolute atomic E-state index is 0.0196. The molecule has 2 aromatic heterocycles. The molecule has 2 heterocycles. The Kier molecular flexibility index (Phi) is 2.95. The molecule has 0 atom stereocenters. The molecule has 0 fully saturated rings. The van der Waals surface area contributed by atoms with E-state index in [9.17, 15) is 13.2 Å². The summed E-state index contributed by atoms with van der Waals surface area (Å²) in [5, 5.41) is -0.0196. The maximum Gasteiger partial charge on any atom is 0.279 e. The standard InChI is InChI=1S/C10H12N4O3S/c1-7-11-5-9(12-7)18(16,17)13-8-3-4-10(15)14(2)6-8/h3-6,13H,1-2H3,(H,11,12). The molecule has 0 spiro atoms. The molecular formula is C10H12N4O3S. The van der Waals surface area contributed by atoms with Crippen LogP contribution in [-0.2, 0) is 17.1 Å². The predicted molar refractivity (Wildman–Crippen MR) is 65.8 cm³/mol. The second kappa shape index (κ2) is 4.30. The van der Waals surface area contributed by atoms with Crippen LogP contribution in [0.1, 0.15) is 5.82 Å². The van der Waals surface area contributed by atoms with E-state index in [0.717, 1.165) is 0 Å². The summed E-state index contributed by atoms with van der Waals surface area (Å²) in [6.07, 6.45) is 2.64. The molecule has 2 aromatic rings. The number of H-pyrrole nitrogens is 1. The highest BCUT2D eigenvalue weighted by molar-refractivity contribution is 7.92. The Morgan fingerprint density at radius 1 is 1.39 bits per heavy atom. The molecule has 0 radical (unpaired) electrons. The highest BCUT2D eigenvalue weighted by atomic mass is 32.2. The Balaban J connectivity index is 2.33. The topological polar surface area (TPSA) is 96.8 Å². The van der Waals surface area contributed by atoms with Gasteiger partial charge in [0.15, 0.2) is 5.03 Å². The fourth-order valence-electron chi connectivity index (χ4n) is 1.40. The number of rotatable bonds is 3. The average Bonchev–Trinajstić information content (AvgIpc) is 2.71. The molecule has 0 bridgehead atoms. The number of sulfonamides is 1. The van der Waals surface area contributed by atoms with E-state index in [2.05, 4.69) is 14.7 Å². The lowest BCUT2D eigenvalue weighted by molar-refractivity contribution is 0.598. The maximum absolute atomic E-state index is 11.9. The number of aromatic nitrogens is 3. The van der Waals surface area contributed by atoms with Crippen molar-refractivity contribution in [1.82, 2.24) is 14.5 Å². The molecular weight excluding hydrogens is 256 g/mol. The van der Waals surface area contributed by atoms with Crippen LogP contribution in [0.3, 0.4) is 0 Å². The van der Waals surface area contributed by atoms with E-state index in [4.69, 9.17) is 0 Å². The molecule has 0 saturated heterocycles. The maximum atomic E-state index is 11.9. The first-order chi connectivity index (χ1) is 8.38. The summed E-state index contributed by atoms with van der Waals surface area (Å²) < 4.78 is 27.5. The summed E-state index contributed by atoms with van der Waals surface area (Å²) in [4.78, 5) is 17.6. The van der Waals surface area contributed by atoms with Crippen molar-refractivity contribution >= 4 is 15.7 Å². The number of imidazole rings is 1. The third-order valence-electron chi connectivity index (χ3n) is 2.31. The molecule has 0 aromatic carbocycles. The highest BCUT2D eigenvalue weighted by Gasteiger charge is 2.16. The Morgan fingerprint density at radius 3 is 2.67 bits per heavy atom. The lowest BCUT2D eigenvalue weighted by Crippen LogP contribution is -2.18. The van der Waals surface area contributed by atoms with Gasteiger partial charge < -0.3 is 9.55 Å². The predicted octanol–water partition coefficient (Wildman–Crippen LogP) is 0.218. The fraction of sp³-hybridized carbons (Fsp3) is 0.200. The second-order valence-electron chi connectivity index (χ2n) is 3.81. The summed E-state index contributed by atoms with van der Waals surface area (Å²) in [7, 11) is -2.16. The van der Waals surface area contributed by atoms with Crippen LogP contribution in [0.4, 0.5) is 5.69 Å². The zero-order valence-corrected chi connectivity index (χ0v) is 10.7. The molecule has 2 N–H and O–H groups in total. The molecule has 0 aliphatic carbocycles. The SMILES string of the molecule is Cc1ncc(S(=O)(=O)Nc2ccc(=O)n(C)c2)[nH]1. The summed E-state index contributed by atoms with van der Waals surface area (Å²) in [5.41, 5.74) is 0.0969. The third kappa shape index (κ3) is 2.43. The lowest BCUT2D eigenvalue weighted by Gasteiger charge is -2.07. The van der Waals surface area contributed by atoms with E-state index in [0.29, 0.717) is 11.5 Å². The molecule has 8 heteroatoms. The van der Waals surface area contributed by atoms with Gasteiger partial charge in [0, 0.05) is 19.3 Å². The van der Waals surface area contributed by atoms with Crippen LogP contribution < -0.4 is 10.3 Å². The van der Waals surface area contributed by atoms with Gasteiger partial charge in [0.1, 0.15) is 5.82 Å². The molecule has 18 heavy (non-hydrogen) atoms. The Labute approximate surface area is 104 Å². The lowest BCUT2D eigenvalue weighted by atomic mass is 10.4.